The highest BCUT2D eigenvalue weighted by atomic mass is 16.5. The molecule has 2 amide bonds. The lowest BCUT2D eigenvalue weighted by Gasteiger charge is -2.08. The van der Waals surface area contributed by atoms with Gasteiger partial charge in [-0.1, -0.05) is 30.3 Å². The van der Waals surface area contributed by atoms with E-state index in [1.807, 2.05) is 78.9 Å². The van der Waals surface area contributed by atoms with Crippen LogP contribution in [-0.4, -0.2) is 42.4 Å². The Morgan fingerprint density at radius 3 is 2.09 bits per heavy atom. The van der Waals surface area contributed by atoms with Crippen LogP contribution in [-0.2, 0) is 11.3 Å². The first-order chi connectivity index (χ1) is 17.1. The average molecular weight is 471 g/mol. The second-order valence-electron chi connectivity index (χ2n) is 7.71. The third kappa shape index (κ3) is 5.86. The van der Waals surface area contributed by atoms with Crippen LogP contribution in [0.5, 0.6) is 11.5 Å². The molecule has 3 aromatic carbocycles. The van der Waals surface area contributed by atoms with Gasteiger partial charge in [0, 0.05) is 18.3 Å². The lowest BCUT2D eigenvalue weighted by molar-refractivity contribution is -0.120. The minimum absolute atomic E-state index is 0.159. The first-order valence-electron chi connectivity index (χ1n) is 11.0. The molecule has 0 bridgehead atoms. The Hall–Kier alpha value is -4.59. The maximum Gasteiger partial charge on any atom is 0.255 e. The lowest BCUT2D eigenvalue weighted by Crippen LogP contribution is -2.36. The fourth-order valence-corrected chi connectivity index (χ4v) is 3.48. The molecule has 1 aromatic heterocycles. The van der Waals surface area contributed by atoms with Gasteiger partial charge in [0.2, 0.25) is 5.91 Å². The molecular weight excluding hydrogens is 444 g/mol. The summed E-state index contributed by atoms with van der Waals surface area (Å²) in [6.45, 7) is 0.190. The molecule has 0 spiro atoms. The number of hydrogen-bond acceptors (Lipinski definition) is 5. The van der Waals surface area contributed by atoms with Crippen molar-refractivity contribution in [3.63, 3.8) is 0 Å². The number of carbonyl (C=O) groups excluding carboxylic acids is 2. The van der Waals surface area contributed by atoms with E-state index in [4.69, 9.17) is 9.47 Å². The zero-order valence-corrected chi connectivity index (χ0v) is 19.5. The van der Waals surface area contributed by atoms with Crippen LogP contribution in [0.2, 0.25) is 0 Å². The van der Waals surface area contributed by atoms with Crippen molar-refractivity contribution in [1.82, 2.24) is 20.4 Å². The second-order valence-corrected chi connectivity index (χ2v) is 7.71. The first kappa shape index (κ1) is 23.6. The number of aromatic nitrogens is 2. The van der Waals surface area contributed by atoms with E-state index in [1.165, 1.54) is 0 Å². The third-order valence-electron chi connectivity index (χ3n) is 5.40. The number of benzene rings is 3. The number of methoxy groups -OCH3 is 2. The molecule has 0 atom stereocenters. The number of nitrogens with one attached hydrogen (secondary N) is 2. The van der Waals surface area contributed by atoms with Crippen LogP contribution in [0.3, 0.4) is 0 Å². The van der Waals surface area contributed by atoms with E-state index < -0.39 is 5.91 Å². The zero-order chi connectivity index (χ0) is 24.6. The van der Waals surface area contributed by atoms with Crippen LogP contribution >= 0.6 is 0 Å². The zero-order valence-electron chi connectivity index (χ0n) is 19.5. The molecule has 178 valence electrons. The van der Waals surface area contributed by atoms with E-state index in [0.717, 1.165) is 22.6 Å². The third-order valence-corrected chi connectivity index (χ3v) is 5.40. The van der Waals surface area contributed by atoms with Crippen molar-refractivity contribution in [2.24, 2.45) is 0 Å². The highest BCUT2D eigenvalue weighted by molar-refractivity contribution is 6.01. The molecule has 0 aliphatic rings. The average Bonchev–Trinajstić information content (AvgIpc) is 3.37. The smallest absolute Gasteiger partial charge is 0.255 e. The molecule has 35 heavy (non-hydrogen) atoms. The molecule has 0 aliphatic carbocycles. The molecule has 0 aliphatic heterocycles. The molecule has 2 N–H and O–H groups in total. The Bertz CT molecular complexity index is 1280. The largest absolute Gasteiger partial charge is 0.497 e. The number of ether oxygens (including phenoxy) is 2. The van der Waals surface area contributed by atoms with Gasteiger partial charge in [0.15, 0.2) is 0 Å². The fourth-order valence-electron chi connectivity index (χ4n) is 3.48. The number of hydrogen-bond donors (Lipinski definition) is 2. The predicted octanol–water partition coefficient (Wildman–Crippen LogP) is 3.60. The Balaban J connectivity index is 1.47. The molecule has 4 aromatic rings. The van der Waals surface area contributed by atoms with E-state index >= 15 is 0 Å². The Morgan fingerprint density at radius 1 is 0.829 bits per heavy atom. The minimum Gasteiger partial charge on any atom is -0.497 e. The Morgan fingerprint density at radius 2 is 1.46 bits per heavy atom. The number of amides is 2. The van der Waals surface area contributed by atoms with E-state index in [2.05, 4.69) is 15.7 Å². The summed E-state index contributed by atoms with van der Waals surface area (Å²) in [4.78, 5) is 25.4. The quantitative estimate of drug-likeness (QED) is 0.390. The van der Waals surface area contributed by atoms with Crippen LogP contribution < -0.4 is 20.1 Å². The summed E-state index contributed by atoms with van der Waals surface area (Å²) in [5.41, 5.74) is 3.37. The van der Waals surface area contributed by atoms with Crippen molar-refractivity contribution in [2.75, 3.05) is 20.8 Å². The van der Waals surface area contributed by atoms with Gasteiger partial charge >= 0.3 is 0 Å². The van der Waals surface area contributed by atoms with E-state index in [9.17, 15) is 9.59 Å². The van der Waals surface area contributed by atoms with Crippen molar-refractivity contribution in [3.05, 3.63) is 96.2 Å². The summed E-state index contributed by atoms with van der Waals surface area (Å²) in [5.74, 6) is 0.764. The van der Waals surface area contributed by atoms with Gasteiger partial charge in [-0.3, -0.25) is 9.59 Å². The maximum atomic E-state index is 13.1. The van der Waals surface area contributed by atoms with Crippen LogP contribution in [0.15, 0.2) is 85.1 Å². The molecule has 0 saturated carbocycles. The maximum absolute atomic E-state index is 13.1. The summed E-state index contributed by atoms with van der Waals surface area (Å²) >= 11 is 0. The van der Waals surface area contributed by atoms with Gasteiger partial charge in [-0.2, -0.15) is 5.10 Å². The van der Waals surface area contributed by atoms with E-state index in [-0.39, 0.29) is 12.5 Å². The van der Waals surface area contributed by atoms with Crippen molar-refractivity contribution in [2.45, 2.75) is 6.54 Å². The van der Waals surface area contributed by atoms with Crippen LogP contribution in [0.4, 0.5) is 0 Å². The van der Waals surface area contributed by atoms with Crippen LogP contribution in [0.25, 0.3) is 16.9 Å². The summed E-state index contributed by atoms with van der Waals surface area (Å²) in [7, 11) is 3.20. The number of para-hydroxylation sites is 1. The summed E-state index contributed by atoms with van der Waals surface area (Å²) < 4.78 is 12.0. The van der Waals surface area contributed by atoms with Gasteiger partial charge in [0.05, 0.1) is 32.0 Å². The second kappa shape index (κ2) is 11.0. The highest BCUT2D eigenvalue weighted by Crippen LogP contribution is 2.26. The van der Waals surface area contributed by atoms with Gasteiger partial charge in [-0.05, 0) is 54.1 Å². The molecule has 0 unspecified atom stereocenters. The van der Waals surface area contributed by atoms with Gasteiger partial charge in [-0.15, -0.1) is 0 Å². The fraction of sp³-hybridized carbons (Fsp3) is 0.148. The molecular formula is C27H26N4O4. The number of rotatable bonds is 9. The SMILES string of the molecule is COc1ccc(CNC(=O)CNC(=O)c2cn(-c3ccccc3)nc2-c2ccc(OC)cc2)cc1. The van der Waals surface area contributed by atoms with Crippen molar-refractivity contribution in [3.8, 4) is 28.4 Å². The van der Waals surface area contributed by atoms with Gasteiger partial charge in [0.25, 0.3) is 5.91 Å². The van der Waals surface area contributed by atoms with Crippen molar-refractivity contribution in [1.29, 1.82) is 0 Å². The number of carbonyl (C=O) groups is 2. The van der Waals surface area contributed by atoms with E-state index in [1.54, 1.807) is 25.1 Å². The van der Waals surface area contributed by atoms with E-state index in [0.29, 0.717) is 23.6 Å². The van der Waals surface area contributed by atoms with Gasteiger partial charge < -0.3 is 20.1 Å². The Labute approximate surface area is 203 Å². The van der Waals surface area contributed by atoms with Crippen molar-refractivity contribution >= 4 is 11.8 Å². The highest BCUT2D eigenvalue weighted by Gasteiger charge is 2.19. The van der Waals surface area contributed by atoms with Gasteiger partial charge in [0.1, 0.15) is 17.2 Å². The minimum atomic E-state index is -0.391. The summed E-state index contributed by atoms with van der Waals surface area (Å²) in [6, 6.07) is 24.2. The molecule has 1 heterocycles. The summed E-state index contributed by atoms with van der Waals surface area (Å²) in [5, 5.41) is 10.2. The first-order valence-corrected chi connectivity index (χ1v) is 11.0. The molecule has 4 rings (SSSR count). The lowest BCUT2D eigenvalue weighted by atomic mass is 10.1. The Kier molecular flexibility index (Phi) is 7.42. The van der Waals surface area contributed by atoms with Gasteiger partial charge in [-0.25, -0.2) is 4.68 Å². The standard InChI is InChI=1S/C27H26N4O4/c1-34-22-12-8-19(9-13-22)16-28-25(32)17-29-27(33)24-18-31(21-6-4-3-5-7-21)30-26(24)20-10-14-23(35-2)15-11-20/h3-15,18H,16-17H2,1-2H3,(H,28,32)(H,29,33). The molecule has 0 saturated heterocycles. The molecule has 0 fully saturated rings. The molecule has 0 radical (unpaired) electrons. The monoisotopic (exact) mass is 470 g/mol. The molecule has 8 nitrogen and oxygen atoms in total. The normalized spacial score (nSPS) is 10.5. The number of nitrogens with zero attached hydrogens (tertiary/aromatic N) is 2. The topological polar surface area (TPSA) is 94.5 Å². The van der Waals surface area contributed by atoms with Crippen LogP contribution in [0.1, 0.15) is 15.9 Å². The summed E-state index contributed by atoms with van der Waals surface area (Å²) in [6.07, 6.45) is 1.67. The predicted molar refractivity (Wildman–Crippen MR) is 133 cm³/mol. The van der Waals surface area contributed by atoms with Crippen molar-refractivity contribution < 1.29 is 19.1 Å². The van der Waals surface area contributed by atoms with Crippen LogP contribution in [0, 0.1) is 0 Å². The molecule has 8 heteroatoms.